The summed E-state index contributed by atoms with van der Waals surface area (Å²) >= 11 is 11.8. The van der Waals surface area contributed by atoms with Gasteiger partial charge in [-0.3, -0.25) is 4.79 Å². The van der Waals surface area contributed by atoms with Crippen molar-refractivity contribution in [3.63, 3.8) is 0 Å². The molecule has 0 atom stereocenters. The second-order valence-electron chi connectivity index (χ2n) is 6.62. The zero-order valence-electron chi connectivity index (χ0n) is 13.6. The quantitative estimate of drug-likeness (QED) is 0.735. The molecule has 0 spiro atoms. The summed E-state index contributed by atoms with van der Waals surface area (Å²) < 4.78 is 0. The van der Waals surface area contributed by atoms with Crippen LogP contribution in [0.25, 0.3) is 0 Å². The Morgan fingerprint density at radius 2 is 1.65 bits per heavy atom. The topological polar surface area (TPSA) is 29.1 Å². The van der Waals surface area contributed by atoms with Crippen LogP contribution >= 0.6 is 23.2 Å². The van der Waals surface area contributed by atoms with Crippen LogP contribution in [-0.4, -0.2) is 5.91 Å². The van der Waals surface area contributed by atoms with E-state index in [1.54, 1.807) is 18.2 Å². The number of hydrogen-bond donors (Lipinski definition) is 1. The maximum Gasteiger partial charge on any atom is 0.224 e. The van der Waals surface area contributed by atoms with E-state index in [1.165, 1.54) is 5.56 Å². The fourth-order valence-corrected chi connectivity index (χ4v) is 2.52. The van der Waals surface area contributed by atoms with E-state index in [9.17, 15) is 4.79 Å². The number of amides is 1. The number of rotatable bonds is 4. The number of benzene rings is 2. The number of aryl methyl sites for hydroxylation is 1. The first kappa shape index (κ1) is 17.8. The Morgan fingerprint density at radius 3 is 2.22 bits per heavy atom. The second-order valence-corrected chi connectivity index (χ2v) is 7.44. The van der Waals surface area contributed by atoms with Gasteiger partial charge in [0.15, 0.2) is 0 Å². The molecule has 0 aliphatic heterocycles. The third-order valence-corrected chi connectivity index (χ3v) is 4.40. The maximum atomic E-state index is 12.0. The van der Waals surface area contributed by atoms with Crippen LogP contribution in [0.4, 0.5) is 5.69 Å². The summed E-state index contributed by atoms with van der Waals surface area (Å²) in [7, 11) is 0. The third-order valence-electron chi connectivity index (χ3n) is 3.66. The number of carbonyl (C=O) groups is 1. The third kappa shape index (κ3) is 5.26. The van der Waals surface area contributed by atoms with Gasteiger partial charge in [0.2, 0.25) is 5.91 Å². The molecule has 2 nitrogen and oxygen atoms in total. The fourth-order valence-electron chi connectivity index (χ4n) is 2.23. The molecule has 0 fully saturated rings. The first-order chi connectivity index (χ1) is 10.8. The van der Waals surface area contributed by atoms with Gasteiger partial charge >= 0.3 is 0 Å². The lowest BCUT2D eigenvalue weighted by Gasteiger charge is -2.19. The summed E-state index contributed by atoms with van der Waals surface area (Å²) in [5.41, 5.74) is 3.25. The van der Waals surface area contributed by atoms with Gasteiger partial charge < -0.3 is 5.32 Å². The molecule has 2 aromatic rings. The second kappa shape index (κ2) is 7.37. The number of anilines is 1. The summed E-state index contributed by atoms with van der Waals surface area (Å²) in [4.78, 5) is 12.0. The van der Waals surface area contributed by atoms with Gasteiger partial charge in [0.25, 0.3) is 0 Å². The van der Waals surface area contributed by atoms with Crippen molar-refractivity contribution in [1.29, 1.82) is 0 Å². The van der Waals surface area contributed by atoms with E-state index in [-0.39, 0.29) is 11.3 Å². The fraction of sp³-hybridized carbons (Fsp3) is 0.316. The van der Waals surface area contributed by atoms with Gasteiger partial charge in [0.1, 0.15) is 0 Å². The predicted molar refractivity (Wildman–Crippen MR) is 98.6 cm³/mol. The average molecular weight is 350 g/mol. The normalized spacial score (nSPS) is 11.3. The smallest absolute Gasteiger partial charge is 0.224 e. The maximum absolute atomic E-state index is 12.0. The minimum absolute atomic E-state index is 0.0386. The van der Waals surface area contributed by atoms with Crippen LogP contribution in [-0.2, 0) is 16.6 Å². The summed E-state index contributed by atoms with van der Waals surface area (Å²) in [6.45, 7) is 6.56. The summed E-state index contributed by atoms with van der Waals surface area (Å²) in [5, 5.41) is 3.74. The highest BCUT2D eigenvalue weighted by Gasteiger charge is 2.13. The highest BCUT2D eigenvalue weighted by Crippen LogP contribution is 2.25. The monoisotopic (exact) mass is 349 g/mol. The van der Waals surface area contributed by atoms with Crippen LogP contribution in [0.1, 0.15) is 38.3 Å². The van der Waals surface area contributed by atoms with Gasteiger partial charge in [-0.25, -0.2) is 0 Å². The SMILES string of the molecule is CC(C)(C)c1ccc(CCC(=O)Nc2ccc(Cl)c(Cl)c2)cc1. The molecule has 0 bridgehead atoms. The van der Waals surface area contributed by atoms with Crippen LogP contribution in [0.2, 0.25) is 10.0 Å². The number of hydrogen-bond acceptors (Lipinski definition) is 1. The lowest BCUT2D eigenvalue weighted by Crippen LogP contribution is -2.13. The number of carbonyl (C=O) groups excluding carboxylic acids is 1. The number of halogens is 2. The standard InChI is InChI=1S/C19H21Cl2NO/c1-19(2,3)14-7-4-13(5-8-14)6-11-18(23)22-15-9-10-16(20)17(21)12-15/h4-5,7-10,12H,6,11H2,1-3H3,(H,22,23). The lowest BCUT2D eigenvalue weighted by atomic mass is 9.86. The Bertz CT molecular complexity index is 688. The molecule has 1 N–H and O–H groups in total. The van der Waals surface area contributed by atoms with E-state index in [4.69, 9.17) is 23.2 Å². The van der Waals surface area contributed by atoms with Gasteiger partial charge in [-0.1, -0.05) is 68.2 Å². The minimum atomic E-state index is -0.0386. The van der Waals surface area contributed by atoms with Crippen molar-refractivity contribution < 1.29 is 4.79 Å². The van der Waals surface area contributed by atoms with Crippen LogP contribution in [0.5, 0.6) is 0 Å². The predicted octanol–water partition coefficient (Wildman–Crippen LogP) is 5.86. The molecule has 0 radical (unpaired) electrons. The Hall–Kier alpha value is -1.51. The Balaban J connectivity index is 1.90. The van der Waals surface area contributed by atoms with Crippen LogP contribution in [0, 0.1) is 0 Å². The Labute approximate surface area is 147 Å². The minimum Gasteiger partial charge on any atom is -0.326 e. The molecule has 0 saturated heterocycles. The highest BCUT2D eigenvalue weighted by atomic mass is 35.5. The molecule has 2 aromatic carbocycles. The molecule has 0 heterocycles. The van der Waals surface area contributed by atoms with Crippen LogP contribution in [0.3, 0.4) is 0 Å². The number of nitrogens with one attached hydrogen (secondary N) is 1. The molecule has 2 rings (SSSR count). The molecule has 0 unspecified atom stereocenters. The van der Waals surface area contributed by atoms with Gasteiger partial charge in [0, 0.05) is 12.1 Å². The molecule has 122 valence electrons. The van der Waals surface area contributed by atoms with Crippen molar-refractivity contribution in [2.75, 3.05) is 5.32 Å². The Kier molecular flexibility index (Phi) is 5.72. The van der Waals surface area contributed by atoms with Crippen molar-refractivity contribution in [3.8, 4) is 0 Å². The summed E-state index contributed by atoms with van der Waals surface area (Å²) in [5.74, 6) is -0.0386. The van der Waals surface area contributed by atoms with Gasteiger partial charge in [-0.15, -0.1) is 0 Å². The molecule has 0 saturated carbocycles. The first-order valence-electron chi connectivity index (χ1n) is 7.60. The summed E-state index contributed by atoms with van der Waals surface area (Å²) in [6, 6.07) is 13.5. The van der Waals surface area contributed by atoms with E-state index in [1.807, 2.05) is 0 Å². The molecule has 0 aliphatic rings. The van der Waals surface area contributed by atoms with E-state index < -0.39 is 0 Å². The molecule has 4 heteroatoms. The van der Waals surface area contributed by atoms with E-state index in [2.05, 4.69) is 50.4 Å². The average Bonchev–Trinajstić information content (AvgIpc) is 2.48. The van der Waals surface area contributed by atoms with Crippen LogP contribution in [0.15, 0.2) is 42.5 Å². The van der Waals surface area contributed by atoms with Crippen molar-refractivity contribution in [2.24, 2.45) is 0 Å². The summed E-state index contributed by atoms with van der Waals surface area (Å²) in [6.07, 6.45) is 1.13. The van der Waals surface area contributed by atoms with E-state index in [0.717, 1.165) is 5.56 Å². The zero-order chi connectivity index (χ0) is 17.0. The largest absolute Gasteiger partial charge is 0.326 e. The molecule has 0 aliphatic carbocycles. The van der Waals surface area contributed by atoms with Crippen LogP contribution < -0.4 is 5.32 Å². The highest BCUT2D eigenvalue weighted by molar-refractivity contribution is 6.42. The van der Waals surface area contributed by atoms with Crippen molar-refractivity contribution in [1.82, 2.24) is 0 Å². The molecule has 0 aromatic heterocycles. The van der Waals surface area contributed by atoms with E-state index in [0.29, 0.717) is 28.6 Å². The van der Waals surface area contributed by atoms with Gasteiger partial charge in [-0.2, -0.15) is 0 Å². The first-order valence-corrected chi connectivity index (χ1v) is 8.35. The Morgan fingerprint density at radius 1 is 1.00 bits per heavy atom. The van der Waals surface area contributed by atoms with Gasteiger partial charge in [0.05, 0.1) is 10.0 Å². The van der Waals surface area contributed by atoms with Crippen molar-refractivity contribution in [3.05, 3.63) is 63.6 Å². The molecule has 23 heavy (non-hydrogen) atoms. The van der Waals surface area contributed by atoms with Crippen molar-refractivity contribution >= 4 is 34.8 Å². The molecular formula is C19H21Cl2NO. The van der Waals surface area contributed by atoms with Crippen molar-refractivity contribution in [2.45, 2.75) is 39.0 Å². The van der Waals surface area contributed by atoms with Gasteiger partial charge in [-0.05, 0) is 41.2 Å². The molecule has 1 amide bonds. The molecular weight excluding hydrogens is 329 g/mol. The zero-order valence-corrected chi connectivity index (χ0v) is 15.1. The lowest BCUT2D eigenvalue weighted by molar-refractivity contribution is -0.116. The van der Waals surface area contributed by atoms with E-state index >= 15 is 0 Å².